The van der Waals surface area contributed by atoms with Gasteiger partial charge in [-0.25, -0.2) is 9.18 Å². The van der Waals surface area contributed by atoms with Gasteiger partial charge in [-0.1, -0.05) is 0 Å². The molecule has 1 fully saturated rings. The molecule has 0 bridgehead atoms. The Labute approximate surface area is 111 Å². The van der Waals surface area contributed by atoms with Crippen molar-refractivity contribution in [2.75, 3.05) is 6.61 Å². The van der Waals surface area contributed by atoms with Crippen molar-refractivity contribution in [3.05, 3.63) is 33.1 Å². The molecule has 9 heteroatoms. The smallest absolute Gasteiger partial charge is 0.331 e. The number of rotatable bonds is 2. The zero-order valence-corrected chi connectivity index (χ0v) is 9.99. The number of aliphatic hydroxyl groups is 3. The maximum atomic E-state index is 14.1. The van der Waals surface area contributed by atoms with E-state index in [0.717, 1.165) is 12.3 Å². The van der Waals surface area contributed by atoms with E-state index >= 15 is 0 Å². The van der Waals surface area contributed by atoms with Crippen LogP contribution in [0.3, 0.4) is 0 Å². The lowest BCUT2D eigenvalue weighted by atomic mass is 10.0. The van der Waals surface area contributed by atoms with Crippen LogP contribution in [0.15, 0.2) is 21.9 Å². The zero-order chi connectivity index (χ0) is 15.1. The molecule has 0 spiro atoms. The van der Waals surface area contributed by atoms with E-state index in [1.807, 2.05) is 10.9 Å². The van der Waals surface area contributed by atoms with Crippen molar-refractivity contribution in [2.45, 2.75) is 23.8 Å². The molecule has 20 heavy (non-hydrogen) atoms. The molecule has 0 aromatic carbocycles. The third-order valence-corrected chi connectivity index (χ3v) is 3.07. The summed E-state index contributed by atoms with van der Waals surface area (Å²) in [6, 6.07) is 0.903. The van der Waals surface area contributed by atoms with E-state index in [-0.39, 0.29) is 0 Å². The highest BCUT2D eigenvalue weighted by Crippen LogP contribution is 2.41. The fourth-order valence-electron chi connectivity index (χ4n) is 2.01. The third kappa shape index (κ3) is 1.78. The molecule has 2 heterocycles. The molecule has 4 N–H and O–H groups in total. The summed E-state index contributed by atoms with van der Waals surface area (Å²) in [5.41, 5.74) is -4.19. The normalized spacial score (nSPS) is 36.8. The van der Waals surface area contributed by atoms with Gasteiger partial charge in [0.05, 0.1) is 0 Å². The minimum absolute atomic E-state index is 0.555. The highest BCUT2D eigenvalue weighted by molar-refractivity contribution is 5.17. The average Bonchev–Trinajstić information content (AvgIpc) is 2.62. The van der Waals surface area contributed by atoms with Crippen LogP contribution in [0.2, 0.25) is 0 Å². The number of aromatic nitrogens is 2. The summed E-state index contributed by atoms with van der Waals surface area (Å²) >= 11 is 0. The van der Waals surface area contributed by atoms with Crippen LogP contribution >= 0.6 is 0 Å². The summed E-state index contributed by atoms with van der Waals surface area (Å²) in [6.45, 7) is -1.28. The van der Waals surface area contributed by atoms with Crippen LogP contribution in [0.1, 0.15) is 0 Å². The molecule has 0 amide bonds. The fourth-order valence-corrected chi connectivity index (χ4v) is 2.01. The van der Waals surface area contributed by atoms with Gasteiger partial charge in [-0.05, 0) is 5.92 Å². The van der Waals surface area contributed by atoms with Gasteiger partial charge in [-0.3, -0.25) is 14.3 Å². The van der Waals surface area contributed by atoms with E-state index in [0.29, 0.717) is 4.57 Å². The lowest BCUT2D eigenvalue weighted by molar-refractivity contribution is -0.227. The Hall–Kier alpha value is -1.99. The number of hydrogen-bond acceptors (Lipinski definition) is 6. The van der Waals surface area contributed by atoms with Crippen LogP contribution in [-0.2, 0) is 10.5 Å². The number of halogens is 1. The zero-order valence-electron chi connectivity index (χ0n) is 9.99. The topological polar surface area (TPSA) is 125 Å². The van der Waals surface area contributed by atoms with E-state index in [1.54, 1.807) is 0 Å². The Balaban J connectivity index is 2.65. The van der Waals surface area contributed by atoms with Gasteiger partial charge < -0.3 is 20.1 Å². The van der Waals surface area contributed by atoms with Crippen LogP contribution < -0.4 is 11.2 Å². The van der Waals surface area contributed by atoms with E-state index in [2.05, 4.69) is 0 Å². The molecule has 1 aliphatic heterocycles. The van der Waals surface area contributed by atoms with Gasteiger partial charge >= 0.3 is 5.69 Å². The largest absolute Gasteiger partial charge is 0.390 e. The SMILES string of the molecule is C#CC1(n2ccc(=O)[nH]c2=O)O[C@](F)(CO)[C@@H](O)[C@H]1O. The van der Waals surface area contributed by atoms with Crippen molar-refractivity contribution < 1.29 is 24.4 Å². The van der Waals surface area contributed by atoms with Crippen LogP contribution in [0.5, 0.6) is 0 Å². The number of alkyl halides is 1. The van der Waals surface area contributed by atoms with Gasteiger partial charge in [-0.2, -0.15) is 0 Å². The highest BCUT2D eigenvalue weighted by Gasteiger charge is 2.64. The molecule has 1 aliphatic rings. The molecule has 0 saturated carbocycles. The number of hydrogen-bond donors (Lipinski definition) is 4. The first-order chi connectivity index (χ1) is 9.30. The minimum atomic E-state index is -3.04. The van der Waals surface area contributed by atoms with Gasteiger partial charge in [0, 0.05) is 12.3 Å². The van der Waals surface area contributed by atoms with Crippen LogP contribution in [0.4, 0.5) is 4.39 Å². The molecule has 1 aromatic heterocycles. The standard InChI is InChI=1S/C11H11FN2O6/c1-2-11(14-4-3-6(16)13-9(14)19)8(18)7(17)10(12,5-15)20-11/h1,3-4,7-8,15,17-18H,5H2,(H,13,16,19)/t7-,8+,10+,11?/m0/s1. The second-order valence-corrected chi connectivity index (χ2v) is 4.26. The number of nitrogens with one attached hydrogen (secondary N) is 1. The van der Waals surface area contributed by atoms with Gasteiger partial charge in [0.15, 0.2) is 0 Å². The van der Waals surface area contributed by atoms with Gasteiger partial charge in [-0.15, -0.1) is 6.42 Å². The minimum Gasteiger partial charge on any atom is -0.390 e. The number of terminal acetylenes is 1. The maximum absolute atomic E-state index is 14.1. The number of aliphatic hydroxyl groups excluding tert-OH is 3. The van der Waals surface area contributed by atoms with Crippen molar-refractivity contribution in [1.29, 1.82) is 0 Å². The second-order valence-electron chi connectivity index (χ2n) is 4.26. The number of nitrogens with zero attached hydrogens (tertiary/aromatic N) is 1. The molecule has 0 radical (unpaired) electrons. The Kier molecular flexibility index (Phi) is 3.27. The maximum Gasteiger partial charge on any atom is 0.331 e. The Bertz CT molecular complexity index is 678. The Morgan fingerprint density at radius 3 is 2.60 bits per heavy atom. The van der Waals surface area contributed by atoms with Crippen LogP contribution in [0.25, 0.3) is 0 Å². The van der Waals surface area contributed by atoms with Crippen molar-refractivity contribution in [3.63, 3.8) is 0 Å². The Morgan fingerprint density at radius 1 is 1.50 bits per heavy atom. The fraction of sp³-hybridized carbons (Fsp3) is 0.455. The molecule has 108 valence electrons. The molecule has 1 saturated heterocycles. The lowest BCUT2D eigenvalue weighted by Gasteiger charge is -2.28. The first-order valence-electron chi connectivity index (χ1n) is 5.47. The summed E-state index contributed by atoms with van der Waals surface area (Å²) in [5, 5.41) is 28.4. The van der Waals surface area contributed by atoms with Crippen molar-refractivity contribution in [3.8, 4) is 12.3 Å². The molecule has 4 atom stereocenters. The van der Waals surface area contributed by atoms with Gasteiger partial charge in [0.25, 0.3) is 11.4 Å². The number of ether oxygens (including phenoxy) is 1. The summed E-state index contributed by atoms with van der Waals surface area (Å²) in [7, 11) is 0. The molecule has 1 unspecified atom stereocenters. The van der Waals surface area contributed by atoms with Crippen molar-refractivity contribution in [1.82, 2.24) is 9.55 Å². The average molecular weight is 286 g/mol. The van der Waals surface area contributed by atoms with Crippen molar-refractivity contribution >= 4 is 0 Å². The first kappa shape index (κ1) is 14.4. The summed E-state index contributed by atoms with van der Waals surface area (Å²) in [5.74, 6) is -1.16. The lowest BCUT2D eigenvalue weighted by Crippen LogP contribution is -2.50. The molecule has 1 aromatic rings. The van der Waals surface area contributed by atoms with Gasteiger partial charge in [0.2, 0.25) is 5.72 Å². The number of H-pyrrole nitrogens is 1. The molecular formula is C11H11FN2O6. The first-order valence-corrected chi connectivity index (χ1v) is 5.47. The van der Waals surface area contributed by atoms with E-state index < -0.39 is 41.6 Å². The predicted octanol–water partition coefficient (Wildman–Crippen LogP) is -2.77. The van der Waals surface area contributed by atoms with Crippen molar-refractivity contribution in [2.24, 2.45) is 0 Å². The molecule has 2 rings (SSSR count). The molecule has 8 nitrogen and oxygen atoms in total. The van der Waals surface area contributed by atoms with E-state index in [1.165, 1.54) is 0 Å². The van der Waals surface area contributed by atoms with E-state index in [9.17, 15) is 24.2 Å². The molecule has 0 aliphatic carbocycles. The van der Waals surface area contributed by atoms with Gasteiger partial charge in [0.1, 0.15) is 18.8 Å². The predicted molar refractivity (Wildman–Crippen MR) is 62.2 cm³/mol. The second kappa shape index (κ2) is 4.53. The highest BCUT2D eigenvalue weighted by atomic mass is 19.2. The van der Waals surface area contributed by atoms with Crippen LogP contribution in [-0.4, -0.2) is 49.5 Å². The monoisotopic (exact) mass is 286 g/mol. The quantitative estimate of drug-likeness (QED) is 0.436. The summed E-state index contributed by atoms with van der Waals surface area (Å²) in [4.78, 5) is 24.5. The molecular weight excluding hydrogens is 275 g/mol. The summed E-state index contributed by atoms with van der Waals surface area (Å²) < 4.78 is 19.4. The van der Waals surface area contributed by atoms with E-state index in [4.69, 9.17) is 16.3 Å². The number of aromatic amines is 1. The summed E-state index contributed by atoms with van der Waals surface area (Å²) in [6.07, 6.45) is 1.87. The Morgan fingerprint density at radius 2 is 2.15 bits per heavy atom. The third-order valence-electron chi connectivity index (χ3n) is 3.07. The van der Waals surface area contributed by atoms with Crippen LogP contribution in [0, 0.1) is 12.3 Å².